The number of nitrogens with two attached hydrogens (primary N) is 1. The first-order chi connectivity index (χ1) is 7.33. The Balaban J connectivity index is 2.36. The third kappa shape index (κ3) is 2.12. The summed E-state index contributed by atoms with van der Waals surface area (Å²) in [7, 11) is 0. The highest BCUT2D eigenvalue weighted by atomic mass is 19.1. The van der Waals surface area contributed by atoms with Crippen molar-refractivity contribution >= 4 is 0 Å². The number of para-hydroxylation sites is 1. The average Bonchev–Trinajstić information content (AvgIpc) is 2.43. The van der Waals surface area contributed by atoms with E-state index in [4.69, 9.17) is 10.5 Å². The maximum Gasteiger partial charge on any atom is 0.165 e. The molecular weight excluding hydrogens is 193 g/mol. The highest BCUT2D eigenvalue weighted by molar-refractivity contribution is 5.38. The van der Waals surface area contributed by atoms with Gasteiger partial charge in [-0.25, -0.2) is 4.39 Å². The second-order valence-electron chi connectivity index (χ2n) is 3.92. The zero-order valence-corrected chi connectivity index (χ0v) is 8.71. The monoisotopic (exact) mass is 209 g/mol. The van der Waals surface area contributed by atoms with Crippen molar-refractivity contribution < 1.29 is 9.13 Å². The molecule has 0 amide bonds. The Morgan fingerprint density at radius 1 is 1.47 bits per heavy atom. The Labute approximate surface area is 89.2 Å². The molecule has 1 unspecified atom stereocenters. The van der Waals surface area contributed by atoms with E-state index in [1.807, 2.05) is 6.07 Å². The Morgan fingerprint density at radius 2 is 2.33 bits per heavy atom. The van der Waals surface area contributed by atoms with Gasteiger partial charge in [-0.1, -0.05) is 12.1 Å². The molecule has 0 fully saturated rings. The molecule has 1 aliphatic rings. The summed E-state index contributed by atoms with van der Waals surface area (Å²) in [6, 6.07) is 5.14. The smallest absolute Gasteiger partial charge is 0.165 e. The van der Waals surface area contributed by atoms with E-state index < -0.39 is 0 Å². The van der Waals surface area contributed by atoms with Gasteiger partial charge in [-0.05, 0) is 37.8 Å². The summed E-state index contributed by atoms with van der Waals surface area (Å²) in [6.45, 7) is 1.25. The molecule has 1 aliphatic heterocycles. The molecule has 3 heteroatoms. The first-order valence-corrected chi connectivity index (χ1v) is 5.44. The molecule has 1 heterocycles. The third-order valence-corrected chi connectivity index (χ3v) is 2.90. The van der Waals surface area contributed by atoms with Crippen LogP contribution in [0, 0.1) is 5.82 Å². The van der Waals surface area contributed by atoms with Crippen molar-refractivity contribution in [1.82, 2.24) is 0 Å². The van der Waals surface area contributed by atoms with Crippen molar-refractivity contribution in [2.24, 2.45) is 5.73 Å². The van der Waals surface area contributed by atoms with Gasteiger partial charge in [-0.15, -0.1) is 0 Å². The zero-order chi connectivity index (χ0) is 10.7. The average molecular weight is 209 g/mol. The minimum Gasteiger partial charge on any atom is -0.490 e. The molecule has 0 saturated carbocycles. The highest BCUT2D eigenvalue weighted by Gasteiger charge is 2.21. The molecule has 2 nitrogen and oxygen atoms in total. The van der Waals surface area contributed by atoms with Gasteiger partial charge in [-0.3, -0.25) is 0 Å². The molecule has 1 aromatic carbocycles. The van der Waals surface area contributed by atoms with Crippen LogP contribution < -0.4 is 10.5 Å². The summed E-state index contributed by atoms with van der Waals surface area (Å²) in [6.07, 6.45) is 2.91. The van der Waals surface area contributed by atoms with Gasteiger partial charge in [0.25, 0.3) is 0 Å². The molecule has 0 bridgehead atoms. The van der Waals surface area contributed by atoms with E-state index in [0.717, 1.165) is 24.8 Å². The summed E-state index contributed by atoms with van der Waals surface area (Å²) in [5.41, 5.74) is 6.56. The molecule has 0 radical (unpaired) electrons. The van der Waals surface area contributed by atoms with Crippen LogP contribution in [-0.2, 0) is 0 Å². The van der Waals surface area contributed by atoms with Crippen LogP contribution in [-0.4, -0.2) is 13.2 Å². The molecule has 15 heavy (non-hydrogen) atoms. The molecule has 0 aromatic heterocycles. The van der Waals surface area contributed by atoms with E-state index in [0.29, 0.717) is 24.8 Å². The summed E-state index contributed by atoms with van der Waals surface area (Å²) in [5.74, 6) is 0.535. The van der Waals surface area contributed by atoms with Crippen LogP contribution >= 0.6 is 0 Å². The SMILES string of the molecule is NCCC1CCCOc2c(F)cccc21. The fourth-order valence-electron chi connectivity index (χ4n) is 2.16. The number of benzene rings is 1. The fourth-order valence-corrected chi connectivity index (χ4v) is 2.16. The van der Waals surface area contributed by atoms with Crippen LogP contribution in [0.1, 0.15) is 30.7 Å². The van der Waals surface area contributed by atoms with Crippen LogP contribution in [0.4, 0.5) is 4.39 Å². The highest BCUT2D eigenvalue weighted by Crippen LogP contribution is 2.36. The quantitative estimate of drug-likeness (QED) is 0.811. The number of hydrogen-bond donors (Lipinski definition) is 1. The van der Waals surface area contributed by atoms with Gasteiger partial charge in [0.1, 0.15) is 0 Å². The number of rotatable bonds is 2. The predicted octanol–water partition coefficient (Wildman–Crippen LogP) is 2.43. The lowest BCUT2D eigenvalue weighted by Gasteiger charge is -2.15. The lowest BCUT2D eigenvalue weighted by molar-refractivity contribution is 0.301. The Morgan fingerprint density at radius 3 is 3.13 bits per heavy atom. The van der Waals surface area contributed by atoms with E-state index in [2.05, 4.69) is 0 Å². The summed E-state index contributed by atoms with van der Waals surface area (Å²) in [4.78, 5) is 0. The minimum absolute atomic E-state index is 0.253. The van der Waals surface area contributed by atoms with Gasteiger partial charge in [0, 0.05) is 5.56 Å². The topological polar surface area (TPSA) is 35.2 Å². The van der Waals surface area contributed by atoms with Gasteiger partial charge in [0.2, 0.25) is 0 Å². The first-order valence-electron chi connectivity index (χ1n) is 5.44. The summed E-state index contributed by atoms with van der Waals surface area (Å²) < 4.78 is 18.9. The van der Waals surface area contributed by atoms with Crippen molar-refractivity contribution in [3.63, 3.8) is 0 Å². The predicted molar refractivity (Wildman–Crippen MR) is 57.5 cm³/mol. The molecule has 1 atom stereocenters. The maximum absolute atomic E-state index is 13.5. The van der Waals surface area contributed by atoms with Crippen molar-refractivity contribution in [3.05, 3.63) is 29.6 Å². The van der Waals surface area contributed by atoms with Gasteiger partial charge in [0.15, 0.2) is 11.6 Å². The van der Waals surface area contributed by atoms with Crippen LogP contribution in [0.3, 0.4) is 0 Å². The molecule has 2 N–H and O–H groups in total. The van der Waals surface area contributed by atoms with Crippen molar-refractivity contribution in [3.8, 4) is 5.75 Å². The van der Waals surface area contributed by atoms with E-state index in [-0.39, 0.29) is 5.82 Å². The van der Waals surface area contributed by atoms with Crippen molar-refractivity contribution in [2.45, 2.75) is 25.2 Å². The molecule has 1 aromatic rings. The van der Waals surface area contributed by atoms with Crippen molar-refractivity contribution in [2.75, 3.05) is 13.2 Å². The minimum atomic E-state index is -0.253. The molecular formula is C12H16FNO. The van der Waals surface area contributed by atoms with Gasteiger partial charge >= 0.3 is 0 Å². The van der Waals surface area contributed by atoms with Crippen LogP contribution in [0.2, 0.25) is 0 Å². The summed E-state index contributed by atoms with van der Waals surface area (Å²) in [5, 5.41) is 0. The lowest BCUT2D eigenvalue weighted by atomic mass is 9.91. The van der Waals surface area contributed by atoms with Gasteiger partial charge in [-0.2, -0.15) is 0 Å². The molecule has 2 rings (SSSR count). The first kappa shape index (κ1) is 10.4. The van der Waals surface area contributed by atoms with Crippen molar-refractivity contribution in [1.29, 1.82) is 0 Å². The normalized spacial score (nSPS) is 20.3. The third-order valence-electron chi connectivity index (χ3n) is 2.90. The maximum atomic E-state index is 13.5. The van der Waals surface area contributed by atoms with Crippen LogP contribution in [0.25, 0.3) is 0 Å². The molecule has 0 saturated heterocycles. The zero-order valence-electron chi connectivity index (χ0n) is 8.71. The lowest BCUT2D eigenvalue weighted by Crippen LogP contribution is -2.07. The number of ether oxygens (including phenoxy) is 1. The standard InChI is InChI=1S/C12H16FNO/c13-11-5-1-4-10-9(6-7-14)3-2-8-15-12(10)11/h1,4-5,9H,2-3,6-8,14H2. The van der Waals surface area contributed by atoms with E-state index in [9.17, 15) is 4.39 Å². The number of halogens is 1. The number of hydrogen-bond acceptors (Lipinski definition) is 2. The second-order valence-corrected chi connectivity index (χ2v) is 3.92. The van der Waals surface area contributed by atoms with Gasteiger partial charge in [0.05, 0.1) is 6.61 Å². The van der Waals surface area contributed by atoms with E-state index in [1.165, 1.54) is 6.07 Å². The van der Waals surface area contributed by atoms with Gasteiger partial charge < -0.3 is 10.5 Å². The molecule has 0 aliphatic carbocycles. The van der Waals surface area contributed by atoms with Crippen LogP contribution in [0.15, 0.2) is 18.2 Å². The number of fused-ring (bicyclic) bond motifs is 1. The molecule has 82 valence electrons. The Kier molecular flexibility index (Phi) is 3.21. The van der Waals surface area contributed by atoms with Crippen LogP contribution in [0.5, 0.6) is 5.75 Å². The second kappa shape index (κ2) is 4.62. The molecule has 0 spiro atoms. The fraction of sp³-hybridized carbons (Fsp3) is 0.500. The largest absolute Gasteiger partial charge is 0.490 e. The summed E-state index contributed by atoms with van der Waals surface area (Å²) >= 11 is 0. The Hall–Kier alpha value is -1.09. The van der Waals surface area contributed by atoms with E-state index >= 15 is 0 Å². The van der Waals surface area contributed by atoms with E-state index in [1.54, 1.807) is 6.07 Å². The Bertz CT molecular complexity index is 340.